The third-order valence-electron chi connectivity index (χ3n) is 3.96. The highest BCUT2D eigenvalue weighted by Crippen LogP contribution is 2.25. The molecule has 1 fully saturated rings. The fourth-order valence-corrected chi connectivity index (χ4v) is 3.16. The second-order valence-corrected chi connectivity index (χ2v) is 6.39. The average Bonchev–Trinajstić information content (AvgIpc) is 2.60. The van der Waals surface area contributed by atoms with Crippen LogP contribution >= 0.6 is 23.2 Å². The van der Waals surface area contributed by atoms with Crippen molar-refractivity contribution < 1.29 is 23.9 Å². The molecule has 0 atom stereocenters. The van der Waals surface area contributed by atoms with Gasteiger partial charge in [-0.25, -0.2) is 4.79 Å². The van der Waals surface area contributed by atoms with E-state index in [1.165, 1.54) is 12.1 Å². The van der Waals surface area contributed by atoms with Crippen molar-refractivity contribution in [3.05, 3.63) is 33.8 Å². The van der Waals surface area contributed by atoms with E-state index in [1.54, 1.807) is 17.9 Å². The molecule has 0 radical (unpaired) electrons. The van der Waals surface area contributed by atoms with Crippen LogP contribution in [0, 0.1) is 5.92 Å². The number of likely N-dealkylation sites (tertiary alicyclic amines) is 1. The summed E-state index contributed by atoms with van der Waals surface area (Å²) >= 11 is 11.9. The zero-order chi connectivity index (χ0) is 18.4. The molecular weight excluding hydrogens is 369 g/mol. The van der Waals surface area contributed by atoms with Gasteiger partial charge in [-0.2, -0.15) is 0 Å². The van der Waals surface area contributed by atoms with Crippen molar-refractivity contribution >= 4 is 41.0 Å². The highest BCUT2D eigenvalue weighted by Gasteiger charge is 2.28. The first kappa shape index (κ1) is 19.5. The Morgan fingerprint density at radius 2 is 1.72 bits per heavy atom. The average molecular weight is 388 g/mol. The topological polar surface area (TPSA) is 72.9 Å². The lowest BCUT2D eigenvalue weighted by Crippen LogP contribution is -2.42. The van der Waals surface area contributed by atoms with Gasteiger partial charge in [0, 0.05) is 13.1 Å². The van der Waals surface area contributed by atoms with E-state index in [2.05, 4.69) is 0 Å². The molecule has 0 saturated carbocycles. The molecule has 1 heterocycles. The standard InChI is InChI=1S/C17H19Cl2NO5/c1-2-24-16(22)11-6-8-20(9-7-11)14(21)10-25-17(23)15-12(18)4-3-5-13(15)19/h3-5,11H,2,6-10H2,1H3. The molecule has 1 aromatic carbocycles. The van der Waals surface area contributed by atoms with Crippen molar-refractivity contribution in [1.82, 2.24) is 4.90 Å². The zero-order valence-corrected chi connectivity index (χ0v) is 15.3. The van der Waals surface area contributed by atoms with E-state index in [0.29, 0.717) is 32.5 Å². The molecule has 1 aromatic rings. The molecule has 0 N–H and O–H groups in total. The molecule has 6 nitrogen and oxygen atoms in total. The first-order valence-corrected chi connectivity index (χ1v) is 8.75. The van der Waals surface area contributed by atoms with E-state index in [1.807, 2.05) is 0 Å². The molecule has 25 heavy (non-hydrogen) atoms. The molecule has 0 aromatic heterocycles. The van der Waals surface area contributed by atoms with Crippen LogP contribution in [0.5, 0.6) is 0 Å². The number of hydrogen-bond acceptors (Lipinski definition) is 5. The summed E-state index contributed by atoms with van der Waals surface area (Å²) in [6, 6.07) is 4.65. The summed E-state index contributed by atoms with van der Waals surface area (Å²) < 4.78 is 10.0. The number of nitrogens with zero attached hydrogens (tertiary/aromatic N) is 1. The predicted molar refractivity (Wildman–Crippen MR) is 92.7 cm³/mol. The van der Waals surface area contributed by atoms with E-state index in [4.69, 9.17) is 32.7 Å². The molecule has 1 aliphatic heterocycles. The van der Waals surface area contributed by atoms with Crippen molar-refractivity contribution in [1.29, 1.82) is 0 Å². The van der Waals surface area contributed by atoms with Crippen molar-refractivity contribution in [3.8, 4) is 0 Å². The third-order valence-corrected chi connectivity index (χ3v) is 4.59. The lowest BCUT2D eigenvalue weighted by atomic mass is 9.97. The Kier molecular flexibility index (Phi) is 7.08. The molecule has 136 valence electrons. The number of benzene rings is 1. The van der Waals surface area contributed by atoms with Crippen LogP contribution in [0.2, 0.25) is 10.0 Å². The number of rotatable bonds is 5. The summed E-state index contributed by atoms with van der Waals surface area (Å²) in [7, 11) is 0. The van der Waals surface area contributed by atoms with Gasteiger partial charge in [-0.3, -0.25) is 9.59 Å². The third kappa shape index (κ3) is 5.09. The number of carbonyl (C=O) groups excluding carboxylic acids is 3. The number of halogens is 2. The highest BCUT2D eigenvalue weighted by atomic mass is 35.5. The monoisotopic (exact) mass is 387 g/mol. The molecule has 1 aliphatic rings. The van der Waals surface area contributed by atoms with Crippen molar-refractivity contribution in [2.24, 2.45) is 5.92 Å². The van der Waals surface area contributed by atoms with Crippen molar-refractivity contribution in [2.45, 2.75) is 19.8 Å². The molecule has 0 unspecified atom stereocenters. The molecule has 0 spiro atoms. The fraction of sp³-hybridized carbons (Fsp3) is 0.471. The van der Waals surface area contributed by atoms with Crippen LogP contribution in [-0.4, -0.2) is 49.0 Å². The van der Waals surface area contributed by atoms with Crippen LogP contribution in [0.15, 0.2) is 18.2 Å². The number of amides is 1. The maximum absolute atomic E-state index is 12.2. The first-order chi connectivity index (χ1) is 11.9. The normalized spacial score (nSPS) is 14.9. The number of ether oxygens (including phenoxy) is 2. The van der Waals surface area contributed by atoms with E-state index in [0.717, 1.165) is 0 Å². The van der Waals surface area contributed by atoms with Crippen LogP contribution in [0.4, 0.5) is 0 Å². The van der Waals surface area contributed by atoms with Gasteiger partial charge in [0.1, 0.15) is 0 Å². The van der Waals surface area contributed by atoms with Gasteiger partial charge in [0.25, 0.3) is 5.91 Å². The van der Waals surface area contributed by atoms with Gasteiger partial charge in [0.2, 0.25) is 0 Å². The predicted octanol–water partition coefficient (Wildman–Crippen LogP) is 2.95. The van der Waals surface area contributed by atoms with Crippen molar-refractivity contribution in [3.63, 3.8) is 0 Å². The molecular formula is C17H19Cl2NO5. The SMILES string of the molecule is CCOC(=O)C1CCN(C(=O)COC(=O)c2c(Cl)cccc2Cl)CC1. The van der Waals surface area contributed by atoms with Gasteiger partial charge < -0.3 is 14.4 Å². The van der Waals surface area contributed by atoms with Crippen molar-refractivity contribution in [2.75, 3.05) is 26.3 Å². The summed E-state index contributed by atoms with van der Waals surface area (Å²) in [4.78, 5) is 37.5. The Balaban J connectivity index is 1.83. The van der Waals surface area contributed by atoms with Gasteiger partial charge in [-0.05, 0) is 31.9 Å². The minimum atomic E-state index is -0.745. The van der Waals surface area contributed by atoms with E-state index >= 15 is 0 Å². The summed E-state index contributed by atoms with van der Waals surface area (Å²) in [5.41, 5.74) is 0.0413. The number of carbonyl (C=O) groups is 3. The summed E-state index contributed by atoms with van der Waals surface area (Å²) in [5.74, 6) is -1.48. The Hall–Kier alpha value is -1.79. The molecule has 2 rings (SSSR count). The van der Waals surface area contributed by atoms with E-state index in [9.17, 15) is 14.4 Å². The van der Waals surface area contributed by atoms with Crippen LogP contribution in [0.25, 0.3) is 0 Å². The lowest BCUT2D eigenvalue weighted by molar-refractivity contribution is -0.151. The minimum absolute atomic E-state index is 0.0413. The summed E-state index contributed by atoms with van der Waals surface area (Å²) in [6.07, 6.45) is 1.07. The Morgan fingerprint density at radius 3 is 2.28 bits per heavy atom. The molecule has 1 saturated heterocycles. The number of esters is 2. The second kappa shape index (κ2) is 9.06. The largest absolute Gasteiger partial charge is 0.466 e. The quantitative estimate of drug-likeness (QED) is 0.726. The van der Waals surface area contributed by atoms with Crippen LogP contribution < -0.4 is 0 Å². The molecule has 0 bridgehead atoms. The van der Waals surface area contributed by atoms with Crippen LogP contribution in [0.1, 0.15) is 30.1 Å². The van der Waals surface area contributed by atoms with Gasteiger partial charge in [-0.1, -0.05) is 29.3 Å². The Labute approximate surface area is 156 Å². The second-order valence-electron chi connectivity index (χ2n) is 5.58. The van der Waals surface area contributed by atoms with Gasteiger partial charge >= 0.3 is 11.9 Å². The highest BCUT2D eigenvalue weighted by molar-refractivity contribution is 6.39. The number of piperidine rings is 1. The maximum atomic E-state index is 12.2. The van der Waals surface area contributed by atoms with Crippen LogP contribution in [0.3, 0.4) is 0 Å². The fourth-order valence-electron chi connectivity index (χ4n) is 2.61. The molecule has 0 aliphatic carbocycles. The smallest absolute Gasteiger partial charge is 0.341 e. The Bertz CT molecular complexity index is 636. The molecule has 1 amide bonds. The minimum Gasteiger partial charge on any atom is -0.466 e. The number of hydrogen-bond donors (Lipinski definition) is 0. The maximum Gasteiger partial charge on any atom is 0.341 e. The van der Waals surface area contributed by atoms with Gasteiger partial charge in [-0.15, -0.1) is 0 Å². The first-order valence-electron chi connectivity index (χ1n) is 7.99. The van der Waals surface area contributed by atoms with E-state index in [-0.39, 0.29) is 33.4 Å². The van der Waals surface area contributed by atoms with E-state index < -0.39 is 12.6 Å². The summed E-state index contributed by atoms with van der Waals surface area (Å²) in [6.45, 7) is 2.55. The van der Waals surface area contributed by atoms with Crippen LogP contribution in [-0.2, 0) is 19.1 Å². The summed E-state index contributed by atoms with van der Waals surface area (Å²) in [5, 5.41) is 0.334. The Morgan fingerprint density at radius 1 is 1.12 bits per heavy atom. The lowest BCUT2D eigenvalue weighted by Gasteiger charge is -2.30. The zero-order valence-electron chi connectivity index (χ0n) is 13.8. The molecule has 8 heteroatoms. The van der Waals surface area contributed by atoms with Gasteiger partial charge in [0.15, 0.2) is 6.61 Å². The van der Waals surface area contributed by atoms with Gasteiger partial charge in [0.05, 0.1) is 28.1 Å².